The third-order valence-electron chi connectivity index (χ3n) is 14.3. The lowest BCUT2D eigenvalue weighted by atomic mass is 9.65. The van der Waals surface area contributed by atoms with E-state index in [1.54, 1.807) is 0 Å². The fraction of sp³-hybridized carbons (Fsp3) is 0.0137. The van der Waals surface area contributed by atoms with Crippen LogP contribution in [0.1, 0.15) is 22.3 Å². The molecule has 0 amide bonds. The van der Waals surface area contributed by atoms with Crippen molar-refractivity contribution in [1.29, 1.82) is 0 Å². The van der Waals surface area contributed by atoms with Gasteiger partial charge in [0.15, 0.2) is 0 Å². The maximum Gasteiger partial charge on any atom is 0.0701 e. The lowest BCUT2D eigenvalue weighted by molar-refractivity contribution is 0.746. The second kappa shape index (κ2) is 23.7. The van der Waals surface area contributed by atoms with Crippen molar-refractivity contribution in [2.45, 2.75) is 5.41 Å². The molecule has 0 heterocycles. The van der Waals surface area contributed by atoms with E-state index in [0.717, 1.165) is 0 Å². The van der Waals surface area contributed by atoms with Crippen LogP contribution in [0, 0.1) is 0 Å². The Morgan fingerprint density at radius 1 is 0.130 bits per heavy atom. The van der Waals surface area contributed by atoms with Gasteiger partial charge in [-0.05, 0) is 118 Å². The van der Waals surface area contributed by atoms with Gasteiger partial charge in [-0.2, -0.15) is 0 Å². The topological polar surface area (TPSA) is 0 Å². The van der Waals surface area contributed by atoms with E-state index < -0.39 is 37.1 Å². The largest absolute Gasteiger partial charge is 0.0701 e. The summed E-state index contributed by atoms with van der Waals surface area (Å²) < 4.78 is 0. The molecule has 0 unspecified atom stereocenters. The van der Waals surface area contributed by atoms with E-state index in [-0.39, 0.29) is 0 Å². The van der Waals surface area contributed by atoms with Crippen LogP contribution in [0.5, 0.6) is 0 Å². The van der Waals surface area contributed by atoms with E-state index in [2.05, 4.69) is 340 Å². The lowest BCUT2D eigenvalue weighted by Gasteiger charge is -2.38. The molecule has 4 heteroatoms. The van der Waals surface area contributed by atoms with Gasteiger partial charge < -0.3 is 0 Å². The molecule has 0 fully saturated rings. The fourth-order valence-corrected chi connectivity index (χ4v) is 20.0. The minimum Gasteiger partial charge on any atom is -0.0622 e. The van der Waals surface area contributed by atoms with Crippen molar-refractivity contribution < 1.29 is 0 Å². The molecule has 368 valence electrons. The molecule has 0 nitrogen and oxygen atoms in total. The van der Waals surface area contributed by atoms with Crippen molar-refractivity contribution in [1.82, 2.24) is 0 Å². The van der Waals surface area contributed by atoms with E-state index in [9.17, 15) is 0 Å². The van der Waals surface area contributed by atoms with E-state index in [1.165, 1.54) is 85.9 Å². The molecule has 12 aromatic rings. The van der Waals surface area contributed by atoms with Gasteiger partial charge in [-0.1, -0.05) is 340 Å². The standard InChI is InChI=1S/C73H56P4/c1-9-25-61(26-10-1)74(62-27-11-2-12-28-62)69-49-41-57(42-50-69)73(58-43-51-70(52-44-58)75(63-29-13-3-14-30-63)64-31-15-4-16-32-64,59-45-53-71(54-46-59)76(65-33-17-5-18-34-65)66-35-19-6-20-36-66)60-47-55-72(56-48-60)77(67-37-21-7-22-38-67)68-39-23-8-24-40-68/h1-56H. The van der Waals surface area contributed by atoms with Crippen LogP contribution >= 0.6 is 31.7 Å². The highest BCUT2D eigenvalue weighted by Crippen LogP contribution is 2.47. The average molecular weight is 1060 g/mol. The normalized spacial score (nSPS) is 11.6. The molecule has 12 rings (SSSR count). The van der Waals surface area contributed by atoms with Gasteiger partial charge in [0.2, 0.25) is 0 Å². The first kappa shape index (κ1) is 50.2. The molecule has 0 aliphatic carbocycles. The Kier molecular flexibility index (Phi) is 15.5. The summed E-state index contributed by atoms with van der Waals surface area (Å²) in [5.74, 6) is 0. The maximum atomic E-state index is 2.44. The van der Waals surface area contributed by atoms with Gasteiger partial charge in [0.05, 0.1) is 5.41 Å². The number of rotatable bonds is 16. The number of hydrogen-bond donors (Lipinski definition) is 0. The Hall–Kier alpha value is -7.64. The minimum absolute atomic E-state index is 0.719. The van der Waals surface area contributed by atoms with Crippen LogP contribution in [-0.2, 0) is 5.41 Å². The number of hydrogen-bond acceptors (Lipinski definition) is 0. The van der Waals surface area contributed by atoms with Gasteiger partial charge in [-0.25, -0.2) is 0 Å². The molecule has 0 N–H and O–H groups in total. The molecule has 0 radical (unpaired) electrons. The van der Waals surface area contributed by atoms with Gasteiger partial charge in [-0.3, -0.25) is 0 Å². The lowest BCUT2D eigenvalue weighted by Crippen LogP contribution is -2.33. The molecule has 77 heavy (non-hydrogen) atoms. The van der Waals surface area contributed by atoms with Crippen LogP contribution in [0.4, 0.5) is 0 Å². The highest BCUT2D eigenvalue weighted by atomic mass is 31.1. The van der Waals surface area contributed by atoms with E-state index in [1.807, 2.05) is 0 Å². The third kappa shape index (κ3) is 10.6. The quantitative estimate of drug-likeness (QED) is 0.0668. The first-order chi connectivity index (χ1) is 38.2. The molecular formula is C73H56P4. The van der Waals surface area contributed by atoms with Gasteiger partial charge in [0.1, 0.15) is 0 Å². The van der Waals surface area contributed by atoms with Crippen molar-refractivity contribution in [3.63, 3.8) is 0 Å². The van der Waals surface area contributed by atoms with Crippen molar-refractivity contribution >= 4 is 95.3 Å². The van der Waals surface area contributed by atoms with E-state index in [0.29, 0.717) is 0 Å². The maximum absolute atomic E-state index is 2.44. The Labute approximate surface area is 459 Å². The molecule has 0 atom stereocenters. The van der Waals surface area contributed by atoms with Gasteiger partial charge in [0, 0.05) is 0 Å². The SMILES string of the molecule is c1ccc(P(c2ccccc2)c2ccc(C(c3ccc(P(c4ccccc4)c4ccccc4)cc3)(c3ccc(P(c4ccccc4)c4ccccc4)cc3)c3ccc(P(c4ccccc4)c4ccccc4)cc3)cc2)cc1. The monoisotopic (exact) mass is 1060 g/mol. The second-order valence-electron chi connectivity index (χ2n) is 19.0. The Morgan fingerprint density at radius 3 is 0.377 bits per heavy atom. The minimum atomic E-state index is -0.819. The van der Waals surface area contributed by atoms with Crippen LogP contribution in [0.3, 0.4) is 0 Å². The Bertz CT molecular complexity index is 3070. The molecule has 0 aromatic heterocycles. The summed E-state index contributed by atoms with van der Waals surface area (Å²) in [5.41, 5.74) is 4.17. The van der Waals surface area contributed by atoms with Gasteiger partial charge in [-0.15, -0.1) is 0 Å². The zero-order valence-corrected chi connectivity index (χ0v) is 46.2. The molecule has 12 aromatic carbocycles. The Morgan fingerprint density at radius 2 is 0.247 bits per heavy atom. The first-order valence-electron chi connectivity index (χ1n) is 26.3. The summed E-state index contributed by atoms with van der Waals surface area (Å²) in [6.45, 7) is 0. The van der Waals surface area contributed by atoms with Crippen LogP contribution in [0.2, 0.25) is 0 Å². The first-order valence-corrected chi connectivity index (χ1v) is 31.6. The van der Waals surface area contributed by atoms with Crippen LogP contribution in [0.15, 0.2) is 340 Å². The van der Waals surface area contributed by atoms with E-state index in [4.69, 9.17) is 0 Å². The second-order valence-corrected chi connectivity index (χ2v) is 27.8. The van der Waals surface area contributed by atoms with E-state index >= 15 is 0 Å². The summed E-state index contributed by atoms with van der Waals surface area (Å²) in [6.07, 6.45) is 0. The molecule has 0 aliphatic heterocycles. The molecule has 0 saturated carbocycles. The molecule has 0 aliphatic rings. The third-order valence-corrected chi connectivity index (χ3v) is 24.1. The van der Waals surface area contributed by atoms with Crippen LogP contribution in [-0.4, -0.2) is 0 Å². The number of benzene rings is 12. The molecule has 0 spiro atoms. The van der Waals surface area contributed by atoms with Crippen molar-refractivity contribution in [3.8, 4) is 0 Å². The summed E-state index contributed by atoms with van der Waals surface area (Å²) in [4.78, 5) is 0. The van der Waals surface area contributed by atoms with Crippen LogP contribution in [0.25, 0.3) is 0 Å². The fourth-order valence-electron chi connectivity index (χ4n) is 10.8. The molecule has 0 saturated heterocycles. The summed E-state index contributed by atoms with van der Waals surface area (Å²) in [7, 11) is -3.28. The van der Waals surface area contributed by atoms with Gasteiger partial charge >= 0.3 is 0 Å². The average Bonchev–Trinajstić information content (AvgIpc) is 3.51. The van der Waals surface area contributed by atoms with Crippen LogP contribution < -0.4 is 63.7 Å². The predicted octanol–water partition coefficient (Wildman–Crippen LogP) is 13.1. The summed E-state index contributed by atoms with van der Waals surface area (Å²) >= 11 is 0. The summed E-state index contributed by atoms with van der Waals surface area (Å²) in [6, 6.07) is 127. The zero-order chi connectivity index (χ0) is 51.6. The highest BCUT2D eigenvalue weighted by Gasteiger charge is 2.39. The smallest absolute Gasteiger partial charge is 0.0622 e. The van der Waals surface area contributed by atoms with Crippen molar-refractivity contribution in [2.75, 3.05) is 0 Å². The zero-order valence-electron chi connectivity index (χ0n) is 42.6. The predicted molar refractivity (Wildman–Crippen MR) is 340 cm³/mol. The van der Waals surface area contributed by atoms with Crippen molar-refractivity contribution in [2.24, 2.45) is 0 Å². The summed E-state index contributed by atoms with van der Waals surface area (Å²) in [5, 5.41) is 16.0. The van der Waals surface area contributed by atoms with Gasteiger partial charge in [0.25, 0.3) is 0 Å². The molecule has 0 bridgehead atoms. The molecular weight excluding hydrogens is 1000 g/mol. The highest BCUT2D eigenvalue weighted by molar-refractivity contribution is 7.81. The Balaban J connectivity index is 1.08. The van der Waals surface area contributed by atoms with Crippen molar-refractivity contribution in [3.05, 3.63) is 362 Å².